The van der Waals surface area contributed by atoms with Crippen LogP contribution in [0.15, 0.2) is 18.2 Å². The number of aliphatic hydroxyl groups excluding tert-OH is 2. The van der Waals surface area contributed by atoms with Crippen LogP contribution in [0.25, 0.3) is 0 Å². The molecule has 0 saturated carbocycles. The molecule has 0 aliphatic carbocycles. The van der Waals surface area contributed by atoms with Crippen LogP contribution in [0.5, 0.6) is 0 Å². The van der Waals surface area contributed by atoms with Crippen LogP contribution < -0.4 is 0 Å². The number of hydrogen-bond acceptors (Lipinski definition) is 2. The van der Waals surface area contributed by atoms with Crippen molar-refractivity contribution in [1.82, 2.24) is 0 Å². The first kappa shape index (κ1) is 13.2. The van der Waals surface area contributed by atoms with Crippen molar-refractivity contribution < 1.29 is 10.2 Å². The van der Waals surface area contributed by atoms with Gasteiger partial charge in [0.2, 0.25) is 0 Å². The van der Waals surface area contributed by atoms with E-state index in [0.29, 0.717) is 12.8 Å². The predicted molar refractivity (Wildman–Crippen MR) is 66.5 cm³/mol. The Labute approximate surface area is 97.9 Å². The summed E-state index contributed by atoms with van der Waals surface area (Å²) in [5, 5.41) is 19.1. The third-order valence-electron chi connectivity index (χ3n) is 3.16. The Hall–Kier alpha value is -0.860. The molecule has 1 rings (SSSR count). The Morgan fingerprint density at radius 2 is 1.75 bits per heavy atom. The molecular weight excluding hydrogens is 200 g/mol. The van der Waals surface area contributed by atoms with Gasteiger partial charge in [-0.1, -0.05) is 25.1 Å². The molecule has 0 radical (unpaired) electrons. The zero-order valence-corrected chi connectivity index (χ0v) is 10.4. The summed E-state index contributed by atoms with van der Waals surface area (Å²) < 4.78 is 0. The van der Waals surface area contributed by atoms with Gasteiger partial charge in [0.1, 0.15) is 0 Å². The van der Waals surface area contributed by atoms with Crippen LogP contribution in [0, 0.1) is 13.8 Å². The largest absolute Gasteiger partial charge is 0.390 e. The summed E-state index contributed by atoms with van der Waals surface area (Å²) in [6.45, 7) is 6.06. The van der Waals surface area contributed by atoms with Gasteiger partial charge in [0, 0.05) is 0 Å². The number of benzene rings is 1. The molecule has 0 bridgehead atoms. The molecule has 16 heavy (non-hydrogen) atoms. The lowest BCUT2D eigenvalue weighted by molar-refractivity contribution is 0.0130. The minimum Gasteiger partial charge on any atom is -0.390 e. The molecule has 1 aromatic rings. The first-order valence-corrected chi connectivity index (χ1v) is 5.96. The smallest absolute Gasteiger partial charge is 0.0802 e. The molecule has 0 amide bonds. The molecule has 2 unspecified atom stereocenters. The van der Waals surface area contributed by atoms with E-state index in [2.05, 4.69) is 32.0 Å². The lowest BCUT2D eigenvalue weighted by Crippen LogP contribution is -2.25. The summed E-state index contributed by atoms with van der Waals surface area (Å²) in [4.78, 5) is 0. The van der Waals surface area contributed by atoms with Crippen molar-refractivity contribution in [1.29, 1.82) is 0 Å². The van der Waals surface area contributed by atoms with Crippen LogP contribution in [0.2, 0.25) is 0 Å². The van der Waals surface area contributed by atoms with Gasteiger partial charge in [-0.25, -0.2) is 0 Å². The Morgan fingerprint density at radius 3 is 2.31 bits per heavy atom. The van der Waals surface area contributed by atoms with E-state index in [1.807, 2.05) is 6.92 Å². The van der Waals surface area contributed by atoms with E-state index in [1.54, 1.807) is 0 Å². The van der Waals surface area contributed by atoms with Crippen molar-refractivity contribution in [2.24, 2.45) is 0 Å². The van der Waals surface area contributed by atoms with Crippen LogP contribution in [0.3, 0.4) is 0 Å². The summed E-state index contributed by atoms with van der Waals surface area (Å²) >= 11 is 0. The number of aryl methyl sites for hydroxylation is 3. The fourth-order valence-electron chi connectivity index (χ4n) is 1.74. The molecule has 0 aromatic heterocycles. The average molecular weight is 222 g/mol. The number of rotatable bonds is 5. The average Bonchev–Trinajstić information content (AvgIpc) is 2.29. The third-order valence-corrected chi connectivity index (χ3v) is 3.16. The second-order valence-electron chi connectivity index (χ2n) is 4.50. The van der Waals surface area contributed by atoms with E-state index in [0.717, 1.165) is 6.42 Å². The maximum absolute atomic E-state index is 9.65. The Morgan fingerprint density at radius 1 is 1.06 bits per heavy atom. The van der Waals surface area contributed by atoms with Gasteiger partial charge < -0.3 is 10.2 Å². The molecule has 0 aliphatic heterocycles. The molecule has 1 aromatic carbocycles. The molecule has 2 nitrogen and oxygen atoms in total. The van der Waals surface area contributed by atoms with Crippen molar-refractivity contribution in [3.63, 3.8) is 0 Å². The highest BCUT2D eigenvalue weighted by Crippen LogP contribution is 2.13. The molecule has 2 N–H and O–H groups in total. The predicted octanol–water partition coefficient (Wildman–Crippen LogP) is 2.37. The minimum atomic E-state index is -0.605. The molecular formula is C14H22O2. The number of aliphatic hydroxyl groups is 2. The Balaban J connectivity index is 2.51. The van der Waals surface area contributed by atoms with E-state index in [9.17, 15) is 10.2 Å². The van der Waals surface area contributed by atoms with Crippen LogP contribution >= 0.6 is 0 Å². The second-order valence-corrected chi connectivity index (χ2v) is 4.50. The van der Waals surface area contributed by atoms with Gasteiger partial charge in [-0.05, 0) is 49.8 Å². The summed E-state index contributed by atoms with van der Waals surface area (Å²) in [5.74, 6) is 0. The monoisotopic (exact) mass is 222 g/mol. The topological polar surface area (TPSA) is 40.5 Å². The zero-order valence-electron chi connectivity index (χ0n) is 10.4. The van der Waals surface area contributed by atoms with Gasteiger partial charge >= 0.3 is 0 Å². The maximum Gasteiger partial charge on any atom is 0.0802 e. The number of hydrogen-bond donors (Lipinski definition) is 2. The van der Waals surface area contributed by atoms with Gasteiger partial charge in [0.25, 0.3) is 0 Å². The summed E-state index contributed by atoms with van der Waals surface area (Å²) in [6, 6.07) is 6.35. The SMILES string of the molecule is CCC(O)C(O)CCc1ccc(C)c(C)c1. The molecule has 90 valence electrons. The van der Waals surface area contributed by atoms with Crippen molar-refractivity contribution in [3.8, 4) is 0 Å². The molecule has 0 saturated heterocycles. The van der Waals surface area contributed by atoms with Crippen molar-refractivity contribution in [2.45, 2.75) is 52.2 Å². The van der Waals surface area contributed by atoms with Crippen LogP contribution in [-0.2, 0) is 6.42 Å². The first-order valence-electron chi connectivity index (χ1n) is 5.96. The van der Waals surface area contributed by atoms with Crippen molar-refractivity contribution >= 4 is 0 Å². The van der Waals surface area contributed by atoms with Crippen molar-refractivity contribution in [2.75, 3.05) is 0 Å². The molecule has 0 aliphatic rings. The maximum atomic E-state index is 9.65. The normalized spacial score (nSPS) is 14.8. The van der Waals surface area contributed by atoms with Gasteiger partial charge in [-0.2, -0.15) is 0 Å². The molecule has 2 atom stereocenters. The fourth-order valence-corrected chi connectivity index (χ4v) is 1.74. The Bertz CT molecular complexity index is 334. The van der Waals surface area contributed by atoms with Gasteiger partial charge in [-0.15, -0.1) is 0 Å². The summed E-state index contributed by atoms with van der Waals surface area (Å²) in [7, 11) is 0. The molecule has 0 heterocycles. The second kappa shape index (κ2) is 6.02. The van der Waals surface area contributed by atoms with E-state index in [-0.39, 0.29) is 0 Å². The third kappa shape index (κ3) is 3.62. The van der Waals surface area contributed by atoms with Crippen LogP contribution in [0.4, 0.5) is 0 Å². The summed E-state index contributed by atoms with van der Waals surface area (Å²) in [5.41, 5.74) is 3.80. The van der Waals surface area contributed by atoms with Crippen LogP contribution in [0.1, 0.15) is 36.5 Å². The zero-order chi connectivity index (χ0) is 12.1. The van der Waals surface area contributed by atoms with Gasteiger partial charge in [-0.3, -0.25) is 0 Å². The lowest BCUT2D eigenvalue weighted by atomic mass is 9.99. The first-order chi connectivity index (χ1) is 7.54. The van der Waals surface area contributed by atoms with Gasteiger partial charge in [0.15, 0.2) is 0 Å². The van der Waals surface area contributed by atoms with E-state index in [1.165, 1.54) is 16.7 Å². The molecule has 0 fully saturated rings. The highest BCUT2D eigenvalue weighted by molar-refractivity contribution is 5.29. The molecule has 0 spiro atoms. The highest BCUT2D eigenvalue weighted by atomic mass is 16.3. The standard InChI is InChI=1S/C14H22O2/c1-4-13(15)14(16)8-7-12-6-5-10(2)11(3)9-12/h5-6,9,13-16H,4,7-8H2,1-3H3. The van der Waals surface area contributed by atoms with Crippen LogP contribution in [-0.4, -0.2) is 22.4 Å². The van der Waals surface area contributed by atoms with E-state index < -0.39 is 12.2 Å². The highest BCUT2D eigenvalue weighted by Gasteiger charge is 2.13. The molecule has 2 heteroatoms. The van der Waals surface area contributed by atoms with Crippen molar-refractivity contribution in [3.05, 3.63) is 34.9 Å². The lowest BCUT2D eigenvalue weighted by Gasteiger charge is -2.16. The minimum absolute atomic E-state index is 0.591. The fraction of sp³-hybridized carbons (Fsp3) is 0.571. The quantitative estimate of drug-likeness (QED) is 0.803. The van der Waals surface area contributed by atoms with Gasteiger partial charge in [0.05, 0.1) is 12.2 Å². The van der Waals surface area contributed by atoms with E-state index in [4.69, 9.17) is 0 Å². The Kier molecular flexibility index (Phi) is 4.97. The summed E-state index contributed by atoms with van der Waals surface area (Å²) in [6.07, 6.45) is 0.850. The van der Waals surface area contributed by atoms with E-state index >= 15 is 0 Å².